The van der Waals surface area contributed by atoms with Gasteiger partial charge in [0.1, 0.15) is 17.6 Å². The fourth-order valence-electron chi connectivity index (χ4n) is 5.16. The second-order valence-corrected chi connectivity index (χ2v) is 9.90. The van der Waals surface area contributed by atoms with Crippen LogP contribution in [0.15, 0.2) is 42.5 Å². The summed E-state index contributed by atoms with van der Waals surface area (Å²) in [5, 5.41) is 10.0. The number of Topliss-reactive ketones (excluding diaryl/α,β-unsaturated/α-hetero) is 1. The van der Waals surface area contributed by atoms with E-state index in [0.717, 1.165) is 61.5 Å². The summed E-state index contributed by atoms with van der Waals surface area (Å²) < 4.78 is 16.7. The Balaban J connectivity index is 0.00000172. The number of ketones is 1. The van der Waals surface area contributed by atoms with Gasteiger partial charge in [-0.05, 0) is 55.7 Å². The first-order valence-corrected chi connectivity index (χ1v) is 14.1. The smallest absolute Gasteiger partial charge is 0.494 e. The van der Waals surface area contributed by atoms with Crippen LogP contribution in [-0.2, 0) is 20.8 Å². The van der Waals surface area contributed by atoms with Gasteiger partial charge in [-0.15, -0.1) is 0 Å². The van der Waals surface area contributed by atoms with E-state index in [9.17, 15) is 14.6 Å². The van der Waals surface area contributed by atoms with E-state index in [1.54, 1.807) is 11.8 Å². The first-order chi connectivity index (χ1) is 19.0. The van der Waals surface area contributed by atoms with Crippen LogP contribution in [0.2, 0.25) is 0 Å². The summed E-state index contributed by atoms with van der Waals surface area (Å²) in [6, 6.07) is 13.8. The number of carbonyl (C=O) groups is 2. The van der Waals surface area contributed by atoms with E-state index in [2.05, 4.69) is 21.9 Å². The van der Waals surface area contributed by atoms with Crippen molar-refractivity contribution in [1.29, 1.82) is 0 Å². The minimum absolute atomic E-state index is 0.110. The predicted octanol–water partition coefficient (Wildman–Crippen LogP) is 3.22. The average Bonchev–Trinajstić information content (AvgIpc) is 3.54. The molecule has 3 heterocycles. The lowest BCUT2D eigenvalue weighted by Crippen LogP contribution is -2.46. The van der Waals surface area contributed by atoms with Gasteiger partial charge in [0.15, 0.2) is 0 Å². The molecular weight excluding hydrogens is 497 g/mol. The molecule has 1 atom stereocenters. The number of hydrogen-bond donors (Lipinski definition) is 1. The highest BCUT2D eigenvalue weighted by molar-refractivity contribution is 6.62. The van der Waals surface area contributed by atoms with Crippen molar-refractivity contribution in [3.05, 3.63) is 48.0 Å². The third-order valence-corrected chi connectivity index (χ3v) is 7.27. The van der Waals surface area contributed by atoms with Crippen molar-refractivity contribution in [1.82, 2.24) is 4.90 Å². The number of benzene rings is 2. The molecule has 1 amide bonds. The molecule has 2 fully saturated rings. The van der Waals surface area contributed by atoms with E-state index >= 15 is 0 Å². The zero-order valence-corrected chi connectivity index (χ0v) is 23.3. The van der Waals surface area contributed by atoms with Crippen molar-refractivity contribution in [2.45, 2.75) is 52.7 Å². The van der Waals surface area contributed by atoms with Gasteiger partial charge < -0.3 is 28.8 Å². The topological polar surface area (TPSA) is 91.8 Å². The van der Waals surface area contributed by atoms with Gasteiger partial charge in [0.05, 0.1) is 19.8 Å². The normalized spacial score (nSPS) is 18.9. The van der Waals surface area contributed by atoms with Crippen LogP contribution in [0.25, 0.3) is 0 Å². The number of ether oxygens (including phenoxy) is 2. The molecule has 3 aliphatic heterocycles. The van der Waals surface area contributed by atoms with Crippen molar-refractivity contribution in [3.63, 3.8) is 0 Å². The highest BCUT2D eigenvalue weighted by Crippen LogP contribution is 2.27. The molecule has 3 aliphatic rings. The minimum atomic E-state index is -0.896. The van der Waals surface area contributed by atoms with E-state index in [4.69, 9.17) is 14.1 Å². The van der Waals surface area contributed by atoms with Gasteiger partial charge in [-0.2, -0.15) is 0 Å². The summed E-state index contributed by atoms with van der Waals surface area (Å²) in [6.07, 6.45) is 1.33. The lowest BCUT2D eigenvalue weighted by molar-refractivity contribution is -0.117. The third kappa shape index (κ3) is 7.32. The zero-order valence-electron chi connectivity index (χ0n) is 23.3. The number of rotatable bonds is 10. The molecule has 0 radical (unpaired) electrons. The maximum atomic E-state index is 12.3. The Morgan fingerprint density at radius 1 is 1.08 bits per heavy atom. The molecule has 5 rings (SSSR count). The van der Waals surface area contributed by atoms with Crippen molar-refractivity contribution < 1.29 is 28.7 Å². The average molecular weight is 537 g/mol. The summed E-state index contributed by atoms with van der Waals surface area (Å²) in [7, 11) is -0.896. The Labute approximate surface area is 231 Å². The summed E-state index contributed by atoms with van der Waals surface area (Å²) in [6.45, 7) is 11.9. The van der Waals surface area contributed by atoms with Gasteiger partial charge >= 0.3 is 13.2 Å². The number of carbonyl (C=O) groups excluding carboxylic acids is 2. The molecule has 1 N–H and O–H groups in total. The number of cyclic esters (lactones) is 1. The fraction of sp³-hybridized carbons (Fsp3) is 0.517. The molecule has 39 heavy (non-hydrogen) atoms. The van der Waals surface area contributed by atoms with Crippen molar-refractivity contribution in [2.24, 2.45) is 0 Å². The lowest BCUT2D eigenvalue weighted by atomic mass is 9.79. The quantitative estimate of drug-likeness (QED) is 0.365. The van der Waals surface area contributed by atoms with Gasteiger partial charge in [-0.1, -0.05) is 26.0 Å². The van der Waals surface area contributed by atoms with Crippen LogP contribution in [0.5, 0.6) is 5.75 Å². The highest BCUT2D eigenvalue weighted by atomic mass is 16.6. The van der Waals surface area contributed by atoms with Crippen LogP contribution in [0.3, 0.4) is 0 Å². The maximum absolute atomic E-state index is 12.3. The number of anilines is 2. The van der Waals surface area contributed by atoms with Crippen LogP contribution < -0.4 is 20.0 Å². The molecule has 10 heteroatoms. The Morgan fingerprint density at radius 2 is 1.79 bits per heavy atom. The highest BCUT2D eigenvalue weighted by Gasteiger charge is 2.33. The number of piperazine rings is 1. The van der Waals surface area contributed by atoms with Gasteiger partial charge in [-0.25, -0.2) is 4.79 Å². The molecule has 0 aliphatic carbocycles. The monoisotopic (exact) mass is 537 g/mol. The number of nitrogens with zero attached hydrogens (tertiary/aromatic N) is 3. The molecule has 0 aromatic heterocycles. The van der Waals surface area contributed by atoms with Gasteiger partial charge in [0, 0.05) is 56.0 Å². The van der Waals surface area contributed by atoms with Gasteiger partial charge in [0.2, 0.25) is 0 Å². The van der Waals surface area contributed by atoms with E-state index in [1.165, 1.54) is 0 Å². The van der Waals surface area contributed by atoms with Crippen LogP contribution >= 0.6 is 0 Å². The van der Waals surface area contributed by atoms with Crippen LogP contribution in [0, 0.1) is 0 Å². The van der Waals surface area contributed by atoms with Crippen LogP contribution in [0.4, 0.5) is 16.2 Å². The minimum Gasteiger partial charge on any atom is -0.494 e. The first kappa shape index (κ1) is 28.9. The zero-order chi connectivity index (χ0) is 27.8. The fourth-order valence-corrected chi connectivity index (χ4v) is 5.16. The second kappa shape index (κ2) is 13.8. The Hall–Kier alpha value is -3.08. The van der Waals surface area contributed by atoms with E-state index in [-0.39, 0.29) is 18.0 Å². The number of fused-ring (bicyclic) bond motifs is 1. The first-order valence-electron chi connectivity index (χ1n) is 14.1. The van der Waals surface area contributed by atoms with Crippen LogP contribution in [-0.4, -0.2) is 80.9 Å². The van der Waals surface area contributed by atoms with Crippen molar-refractivity contribution in [2.75, 3.05) is 55.7 Å². The third-order valence-electron chi connectivity index (χ3n) is 7.27. The Morgan fingerprint density at radius 3 is 2.51 bits per heavy atom. The molecule has 2 aromatic rings. The summed E-state index contributed by atoms with van der Waals surface area (Å²) in [5.41, 5.74) is 3.71. The van der Waals surface area contributed by atoms with E-state index in [0.29, 0.717) is 38.3 Å². The van der Waals surface area contributed by atoms with Crippen molar-refractivity contribution in [3.8, 4) is 5.75 Å². The molecule has 0 spiro atoms. The maximum Gasteiger partial charge on any atom is 0.495 e. The second-order valence-electron chi connectivity index (χ2n) is 9.90. The molecular formula is C29H40BN3O6. The standard InChI is InChI=1S/C27H34BN3O6.C2H6/c1-20(32)6-11-24-18-31(27(33)37-24)23-9-7-22(8-10-23)30-15-13-29(14-16-30)12-3-17-35-25-5-2-4-21-19-36-28(34)26(21)25;1-2/h2,4-5,7-10,24,34H,3,6,11-19H2,1H3;1-2H3. The van der Waals surface area contributed by atoms with Gasteiger partial charge in [0.25, 0.3) is 0 Å². The molecule has 0 saturated carbocycles. The Bertz CT molecular complexity index is 1110. The molecule has 9 nitrogen and oxygen atoms in total. The van der Waals surface area contributed by atoms with Crippen LogP contribution in [0.1, 0.15) is 45.6 Å². The van der Waals surface area contributed by atoms with E-state index < -0.39 is 7.12 Å². The lowest BCUT2D eigenvalue weighted by Gasteiger charge is -2.36. The molecule has 1 unspecified atom stereocenters. The van der Waals surface area contributed by atoms with Gasteiger partial charge in [-0.3, -0.25) is 9.80 Å². The largest absolute Gasteiger partial charge is 0.495 e. The van der Waals surface area contributed by atoms with Crippen molar-refractivity contribution >= 4 is 35.8 Å². The Kier molecular flexibility index (Phi) is 10.3. The predicted molar refractivity (Wildman–Crippen MR) is 153 cm³/mol. The summed E-state index contributed by atoms with van der Waals surface area (Å²) in [5.74, 6) is 0.822. The summed E-state index contributed by atoms with van der Waals surface area (Å²) in [4.78, 5) is 30.0. The number of hydrogen-bond acceptors (Lipinski definition) is 8. The van der Waals surface area contributed by atoms with E-state index in [1.807, 2.05) is 44.2 Å². The summed E-state index contributed by atoms with van der Waals surface area (Å²) >= 11 is 0. The SMILES string of the molecule is CC.CC(=O)CCC1CN(c2ccc(N3CCN(CCCOc4cccc5c4B(O)OC5)CC3)cc2)C(=O)O1. The molecule has 210 valence electrons. The molecule has 2 saturated heterocycles. The number of amides is 1. The molecule has 0 bridgehead atoms. The molecule has 2 aromatic carbocycles.